The summed E-state index contributed by atoms with van der Waals surface area (Å²) < 4.78 is 51.5. The summed E-state index contributed by atoms with van der Waals surface area (Å²) >= 11 is 0. The Morgan fingerprint density at radius 3 is 2.67 bits per heavy atom. The van der Waals surface area contributed by atoms with Crippen molar-refractivity contribution in [3.05, 3.63) is 35.1 Å². The molecule has 1 saturated heterocycles. The van der Waals surface area contributed by atoms with Crippen LogP contribution < -0.4 is 5.32 Å². The standard InChI is InChI=1S/C13H15F4N/c1-8-10(3-2-4-11(8)14)12-7-9(5-6-18-12)13(15,16)17/h2-4,9,12,18H,5-7H2,1H3. The predicted octanol–water partition coefficient (Wildman–Crippen LogP) is 3.74. The highest BCUT2D eigenvalue weighted by Crippen LogP contribution is 2.38. The largest absolute Gasteiger partial charge is 0.391 e. The van der Waals surface area contributed by atoms with Gasteiger partial charge in [0.25, 0.3) is 0 Å². The number of rotatable bonds is 1. The average molecular weight is 261 g/mol. The molecule has 2 atom stereocenters. The fourth-order valence-corrected chi connectivity index (χ4v) is 2.45. The highest BCUT2D eigenvalue weighted by molar-refractivity contribution is 5.30. The fraction of sp³-hybridized carbons (Fsp3) is 0.538. The van der Waals surface area contributed by atoms with Crippen molar-refractivity contribution in [2.75, 3.05) is 6.54 Å². The Morgan fingerprint density at radius 1 is 1.28 bits per heavy atom. The minimum Gasteiger partial charge on any atom is -0.310 e. The summed E-state index contributed by atoms with van der Waals surface area (Å²) in [6.07, 6.45) is -4.09. The van der Waals surface area contributed by atoms with Crippen molar-refractivity contribution >= 4 is 0 Å². The van der Waals surface area contributed by atoms with Gasteiger partial charge in [0, 0.05) is 6.04 Å². The maximum absolute atomic E-state index is 13.4. The number of benzene rings is 1. The van der Waals surface area contributed by atoms with Crippen molar-refractivity contribution in [2.24, 2.45) is 5.92 Å². The van der Waals surface area contributed by atoms with Crippen LogP contribution in [0, 0.1) is 18.7 Å². The molecule has 2 unspecified atom stereocenters. The number of hydrogen-bond acceptors (Lipinski definition) is 1. The Hall–Kier alpha value is -1.10. The SMILES string of the molecule is Cc1c(F)cccc1C1CC(C(F)(F)F)CCN1. The summed E-state index contributed by atoms with van der Waals surface area (Å²) in [6.45, 7) is 1.91. The summed E-state index contributed by atoms with van der Waals surface area (Å²) in [5, 5.41) is 3.04. The zero-order chi connectivity index (χ0) is 13.3. The first kappa shape index (κ1) is 13.3. The lowest BCUT2D eigenvalue weighted by Gasteiger charge is -2.32. The van der Waals surface area contributed by atoms with Gasteiger partial charge in [0.1, 0.15) is 5.82 Å². The molecule has 18 heavy (non-hydrogen) atoms. The highest BCUT2D eigenvalue weighted by Gasteiger charge is 2.42. The van der Waals surface area contributed by atoms with Gasteiger partial charge in [-0.15, -0.1) is 0 Å². The van der Waals surface area contributed by atoms with Gasteiger partial charge < -0.3 is 5.32 Å². The molecule has 1 fully saturated rings. The van der Waals surface area contributed by atoms with Gasteiger partial charge in [-0.2, -0.15) is 13.2 Å². The van der Waals surface area contributed by atoms with E-state index in [1.807, 2.05) is 0 Å². The molecule has 1 nitrogen and oxygen atoms in total. The smallest absolute Gasteiger partial charge is 0.310 e. The van der Waals surface area contributed by atoms with Crippen LogP contribution in [0.2, 0.25) is 0 Å². The molecular formula is C13H15F4N. The van der Waals surface area contributed by atoms with Gasteiger partial charge in [-0.05, 0) is 43.5 Å². The Bertz CT molecular complexity index is 427. The number of alkyl halides is 3. The zero-order valence-corrected chi connectivity index (χ0v) is 10.0. The molecule has 1 aromatic rings. The molecule has 1 heterocycles. The maximum atomic E-state index is 13.4. The molecule has 2 rings (SSSR count). The Balaban J connectivity index is 2.21. The third kappa shape index (κ3) is 2.66. The molecule has 0 saturated carbocycles. The average Bonchev–Trinajstić information content (AvgIpc) is 2.32. The lowest BCUT2D eigenvalue weighted by Crippen LogP contribution is -2.38. The first-order valence-electron chi connectivity index (χ1n) is 5.94. The van der Waals surface area contributed by atoms with E-state index in [4.69, 9.17) is 0 Å². The van der Waals surface area contributed by atoms with Crippen molar-refractivity contribution in [3.63, 3.8) is 0 Å². The zero-order valence-electron chi connectivity index (χ0n) is 10.0. The van der Waals surface area contributed by atoms with Gasteiger partial charge >= 0.3 is 6.18 Å². The molecule has 0 amide bonds. The van der Waals surface area contributed by atoms with Crippen LogP contribution in [-0.2, 0) is 0 Å². The second kappa shape index (κ2) is 4.88. The van der Waals surface area contributed by atoms with Gasteiger partial charge in [-0.25, -0.2) is 4.39 Å². The van der Waals surface area contributed by atoms with Crippen molar-refractivity contribution in [1.82, 2.24) is 5.32 Å². The van der Waals surface area contributed by atoms with E-state index in [9.17, 15) is 17.6 Å². The number of piperidine rings is 1. The predicted molar refractivity (Wildman–Crippen MR) is 60.7 cm³/mol. The third-order valence-corrected chi connectivity index (χ3v) is 3.55. The molecule has 0 aromatic heterocycles. The van der Waals surface area contributed by atoms with Crippen molar-refractivity contribution < 1.29 is 17.6 Å². The molecule has 0 aliphatic carbocycles. The topological polar surface area (TPSA) is 12.0 Å². The van der Waals surface area contributed by atoms with E-state index in [1.165, 1.54) is 12.1 Å². The van der Waals surface area contributed by atoms with E-state index < -0.39 is 18.1 Å². The van der Waals surface area contributed by atoms with Crippen LogP contribution in [0.1, 0.15) is 30.0 Å². The van der Waals surface area contributed by atoms with Gasteiger partial charge in [0.15, 0.2) is 0 Å². The van der Waals surface area contributed by atoms with Crippen LogP contribution in [0.15, 0.2) is 18.2 Å². The van der Waals surface area contributed by atoms with Gasteiger partial charge in [0.2, 0.25) is 0 Å². The lowest BCUT2D eigenvalue weighted by molar-refractivity contribution is -0.183. The summed E-state index contributed by atoms with van der Waals surface area (Å²) in [5.41, 5.74) is 1.06. The monoisotopic (exact) mass is 261 g/mol. The summed E-state index contributed by atoms with van der Waals surface area (Å²) in [4.78, 5) is 0. The van der Waals surface area contributed by atoms with Gasteiger partial charge in [0.05, 0.1) is 5.92 Å². The Kier molecular flexibility index (Phi) is 3.61. The quantitative estimate of drug-likeness (QED) is 0.759. The van der Waals surface area contributed by atoms with E-state index in [1.54, 1.807) is 13.0 Å². The summed E-state index contributed by atoms with van der Waals surface area (Å²) in [5.74, 6) is -1.67. The van der Waals surface area contributed by atoms with Crippen LogP contribution in [-0.4, -0.2) is 12.7 Å². The molecule has 1 N–H and O–H groups in total. The summed E-state index contributed by atoms with van der Waals surface area (Å²) in [6, 6.07) is 4.13. The molecule has 1 aliphatic rings. The van der Waals surface area contributed by atoms with Crippen molar-refractivity contribution in [3.8, 4) is 0 Å². The van der Waals surface area contributed by atoms with Crippen molar-refractivity contribution in [2.45, 2.75) is 32.0 Å². The van der Waals surface area contributed by atoms with Gasteiger partial charge in [-0.3, -0.25) is 0 Å². The van der Waals surface area contributed by atoms with E-state index in [2.05, 4.69) is 5.32 Å². The van der Waals surface area contributed by atoms with Crippen LogP contribution in [0.5, 0.6) is 0 Å². The second-order valence-electron chi connectivity index (χ2n) is 4.72. The summed E-state index contributed by atoms with van der Waals surface area (Å²) in [7, 11) is 0. The molecule has 0 spiro atoms. The van der Waals surface area contributed by atoms with Crippen molar-refractivity contribution in [1.29, 1.82) is 0 Å². The minimum atomic E-state index is -4.17. The first-order valence-corrected chi connectivity index (χ1v) is 5.94. The van der Waals surface area contributed by atoms with Crippen LogP contribution in [0.3, 0.4) is 0 Å². The molecular weight excluding hydrogens is 246 g/mol. The van der Waals surface area contributed by atoms with E-state index in [0.29, 0.717) is 17.7 Å². The van der Waals surface area contributed by atoms with Crippen LogP contribution in [0.25, 0.3) is 0 Å². The van der Waals surface area contributed by atoms with E-state index >= 15 is 0 Å². The van der Waals surface area contributed by atoms with Crippen LogP contribution in [0.4, 0.5) is 17.6 Å². The number of nitrogens with one attached hydrogen (secondary N) is 1. The van der Waals surface area contributed by atoms with Gasteiger partial charge in [-0.1, -0.05) is 12.1 Å². The molecule has 0 radical (unpaired) electrons. The van der Waals surface area contributed by atoms with E-state index in [0.717, 1.165) is 0 Å². The normalized spacial score (nSPS) is 25.2. The van der Waals surface area contributed by atoms with E-state index in [-0.39, 0.29) is 18.7 Å². The fourth-order valence-electron chi connectivity index (χ4n) is 2.45. The molecule has 0 bridgehead atoms. The number of halogens is 4. The third-order valence-electron chi connectivity index (χ3n) is 3.55. The molecule has 1 aliphatic heterocycles. The lowest BCUT2D eigenvalue weighted by atomic mass is 9.87. The second-order valence-corrected chi connectivity index (χ2v) is 4.72. The van der Waals surface area contributed by atoms with Crippen LogP contribution >= 0.6 is 0 Å². The molecule has 100 valence electrons. The Labute approximate surface area is 103 Å². The molecule has 5 heteroatoms. The number of hydrogen-bond donors (Lipinski definition) is 1. The minimum absolute atomic E-state index is 0.0200. The Morgan fingerprint density at radius 2 is 2.00 bits per heavy atom. The first-order chi connectivity index (χ1) is 8.39. The molecule has 1 aromatic carbocycles. The maximum Gasteiger partial charge on any atom is 0.391 e. The highest BCUT2D eigenvalue weighted by atomic mass is 19.4.